The summed E-state index contributed by atoms with van der Waals surface area (Å²) in [5.41, 5.74) is 2.63. The van der Waals surface area contributed by atoms with Crippen LogP contribution in [0.4, 0.5) is 10.1 Å². The highest BCUT2D eigenvalue weighted by atomic mass is 19.1. The van der Waals surface area contributed by atoms with Gasteiger partial charge in [-0.15, -0.1) is 10.2 Å². The molecule has 0 bridgehead atoms. The van der Waals surface area contributed by atoms with E-state index in [1.165, 1.54) is 18.3 Å². The van der Waals surface area contributed by atoms with Crippen molar-refractivity contribution in [3.63, 3.8) is 0 Å². The molecular weight excluding hydrogens is 295 g/mol. The summed E-state index contributed by atoms with van der Waals surface area (Å²) >= 11 is 0. The number of halogens is 1. The first kappa shape index (κ1) is 14.4. The van der Waals surface area contributed by atoms with Crippen LogP contribution < -0.4 is 5.32 Å². The van der Waals surface area contributed by atoms with E-state index in [1.54, 1.807) is 6.07 Å². The van der Waals surface area contributed by atoms with E-state index in [-0.39, 0.29) is 17.2 Å². The third-order valence-electron chi connectivity index (χ3n) is 3.11. The zero-order valence-corrected chi connectivity index (χ0v) is 11.9. The second kappa shape index (κ2) is 6.49. The Balaban J connectivity index is 1.85. The van der Waals surface area contributed by atoms with Crippen LogP contribution in [0.3, 0.4) is 0 Å². The first-order valence-electron chi connectivity index (χ1n) is 6.73. The highest BCUT2D eigenvalue weighted by Gasteiger charge is 2.05. The van der Waals surface area contributed by atoms with Crippen molar-refractivity contribution in [2.75, 3.05) is 5.32 Å². The quantitative estimate of drug-likeness (QED) is 0.723. The average molecular weight is 306 g/mol. The third kappa shape index (κ3) is 3.39. The fourth-order valence-electron chi connectivity index (χ4n) is 2.03. The van der Waals surface area contributed by atoms with E-state index in [0.717, 1.165) is 16.8 Å². The second-order valence-corrected chi connectivity index (χ2v) is 4.64. The van der Waals surface area contributed by atoms with Crippen molar-refractivity contribution in [1.82, 2.24) is 20.6 Å². The third-order valence-corrected chi connectivity index (χ3v) is 3.11. The number of anilines is 1. The van der Waals surface area contributed by atoms with Crippen LogP contribution in [0, 0.1) is 17.1 Å². The molecule has 7 heteroatoms. The number of tetrazole rings is 1. The van der Waals surface area contributed by atoms with E-state index in [4.69, 9.17) is 5.26 Å². The monoisotopic (exact) mass is 306 g/mol. The van der Waals surface area contributed by atoms with Gasteiger partial charge in [-0.25, -0.2) is 4.39 Å². The lowest BCUT2D eigenvalue weighted by Gasteiger charge is -2.06. The fraction of sp³-hybridized carbons (Fsp3) is 0. The molecule has 0 aliphatic carbocycles. The van der Waals surface area contributed by atoms with E-state index < -0.39 is 0 Å². The van der Waals surface area contributed by atoms with Gasteiger partial charge in [0.2, 0.25) is 5.82 Å². The number of nitriles is 1. The maximum Gasteiger partial charge on any atom is 0.216 e. The van der Waals surface area contributed by atoms with Crippen LogP contribution >= 0.6 is 0 Å². The number of nitrogens with zero attached hydrogens (tertiary/aromatic N) is 4. The first-order valence-corrected chi connectivity index (χ1v) is 6.73. The molecule has 23 heavy (non-hydrogen) atoms. The maximum absolute atomic E-state index is 13.3. The summed E-state index contributed by atoms with van der Waals surface area (Å²) in [4.78, 5) is 0. The van der Waals surface area contributed by atoms with Gasteiger partial charge in [0.1, 0.15) is 17.5 Å². The molecule has 0 amide bonds. The SMILES string of the molecule is N#CC(=CNc1cccc(-c2cccc(F)c2)c1)c1nn[nH]n1. The fourth-order valence-corrected chi connectivity index (χ4v) is 2.03. The molecule has 3 rings (SSSR count). The Kier molecular flexibility index (Phi) is 4.07. The Labute approximate surface area is 131 Å². The van der Waals surface area contributed by atoms with E-state index in [1.807, 2.05) is 36.4 Å². The molecule has 0 saturated carbocycles. The molecule has 2 aromatic carbocycles. The Bertz CT molecular complexity index is 880. The Morgan fingerprint density at radius 1 is 1.17 bits per heavy atom. The molecule has 0 unspecified atom stereocenters. The van der Waals surface area contributed by atoms with Crippen LogP contribution in [0.1, 0.15) is 5.82 Å². The van der Waals surface area contributed by atoms with Gasteiger partial charge < -0.3 is 5.32 Å². The number of aromatic amines is 1. The number of hydrogen-bond acceptors (Lipinski definition) is 5. The van der Waals surface area contributed by atoms with Crippen molar-refractivity contribution in [1.29, 1.82) is 5.26 Å². The smallest absolute Gasteiger partial charge is 0.216 e. The summed E-state index contributed by atoms with van der Waals surface area (Å²) in [6.45, 7) is 0. The molecule has 0 saturated heterocycles. The topological polar surface area (TPSA) is 90.3 Å². The van der Waals surface area contributed by atoms with Gasteiger partial charge in [0.25, 0.3) is 0 Å². The van der Waals surface area contributed by atoms with Gasteiger partial charge in [-0.3, -0.25) is 0 Å². The Morgan fingerprint density at radius 2 is 1.96 bits per heavy atom. The van der Waals surface area contributed by atoms with E-state index in [9.17, 15) is 4.39 Å². The number of hydrogen-bond donors (Lipinski definition) is 2. The summed E-state index contributed by atoms with van der Waals surface area (Å²) in [7, 11) is 0. The molecule has 0 aliphatic rings. The lowest BCUT2D eigenvalue weighted by molar-refractivity contribution is 0.628. The summed E-state index contributed by atoms with van der Waals surface area (Å²) in [6.07, 6.45) is 1.50. The van der Waals surface area contributed by atoms with Gasteiger partial charge in [-0.1, -0.05) is 24.3 Å². The van der Waals surface area contributed by atoms with Crippen LogP contribution in [0.5, 0.6) is 0 Å². The first-order chi connectivity index (χ1) is 11.3. The Hall–Kier alpha value is -3.53. The number of allylic oxidation sites excluding steroid dienone is 1. The molecular formula is C16H11FN6. The summed E-state index contributed by atoms with van der Waals surface area (Å²) in [5, 5.41) is 25.3. The highest BCUT2D eigenvalue weighted by molar-refractivity contribution is 5.75. The zero-order valence-electron chi connectivity index (χ0n) is 11.9. The van der Waals surface area contributed by atoms with Gasteiger partial charge in [0.15, 0.2) is 0 Å². The van der Waals surface area contributed by atoms with E-state index in [0.29, 0.717) is 0 Å². The predicted octanol–water partition coefficient (Wildman–Crippen LogP) is 2.98. The van der Waals surface area contributed by atoms with Crippen molar-refractivity contribution >= 4 is 11.3 Å². The molecule has 0 atom stereocenters. The lowest BCUT2D eigenvalue weighted by atomic mass is 10.1. The molecule has 2 N–H and O–H groups in total. The molecule has 1 heterocycles. The van der Waals surface area contributed by atoms with Crippen molar-refractivity contribution in [3.8, 4) is 17.2 Å². The normalized spacial score (nSPS) is 11.0. The molecule has 1 aromatic heterocycles. The summed E-state index contributed by atoms with van der Waals surface area (Å²) in [5.74, 6) is -0.0779. The predicted molar refractivity (Wildman–Crippen MR) is 83.2 cm³/mol. The highest BCUT2D eigenvalue weighted by Crippen LogP contribution is 2.23. The van der Waals surface area contributed by atoms with Gasteiger partial charge >= 0.3 is 0 Å². The van der Waals surface area contributed by atoms with Crippen LogP contribution in [0.25, 0.3) is 16.7 Å². The van der Waals surface area contributed by atoms with Crippen LogP contribution in [-0.2, 0) is 0 Å². The second-order valence-electron chi connectivity index (χ2n) is 4.64. The minimum atomic E-state index is -0.287. The molecule has 112 valence electrons. The maximum atomic E-state index is 13.3. The van der Waals surface area contributed by atoms with Crippen molar-refractivity contribution < 1.29 is 4.39 Å². The lowest BCUT2D eigenvalue weighted by Crippen LogP contribution is -1.93. The standard InChI is InChI=1S/C16H11FN6/c17-14-5-1-3-11(7-14)12-4-2-6-15(8-12)19-10-13(9-18)16-20-22-23-21-16/h1-8,10,19H,(H,20,21,22,23). The van der Waals surface area contributed by atoms with Crippen LogP contribution in [0.2, 0.25) is 0 Å². The van der Waals surface area contributed by atoms with Crippen LogP contribution in [0.15, 0.2) is 54.7 Å². The van der Waals surface area contributed by atoms with Crippen LogP contribution in [-0.4, -0.2) is 20.6 Å². The number of rotatable bonds is 4. The summed E-state index contributed by atoms with van der Waals surface area (Å²) in [6, 6.07) is 15.8. The number of aromatic nitrogens is 4. The van der Waals surface area contributed by atoms with E-state index >= 15 is 0 Å². The van der Waals surface area contributed by atoms with Gasteiger partial charge in [-0.2, -0.15) is 10.5 Å². The Morgan fingerprint density at radius 3 is 2.65 bits per heavy atom. The summed E-state index contributed by atoms with van der Waals surface area (Å²) < 4.78 is 13.3. The number of nitrogens with one attached hydrogen (secondary N) is 2. The van der Waals surface area contributed by atoms with E-state index in [2.05, 4.69) is 25.9 Å². The van der Waals surface area contributed by atoms with Crippen molar-refractivity contribution in [2.45, 2.75) is 0 Å². The molecule has 6 nitrogen and oxygen atoms in total. The molecule has 3 aromatic rings. The van der Waals surface area contributed by atoms with Gasteiger partial charge in [-0.05, 0) is 40.6 Å². The number of benzene rings is 2. The molecule has 0 fully saturated rings. The van der Waals surface area contributed by atoms with Gasteiger partial charge in [0, 0.05) is 11.9 Å². The zero-order chi connectivity index (χ0) is 16.1. The number of H-pyrrole nitrogens is 1. The minimum Gasteiger partial charge on any atom is -0.360 e. The van der Waals surface area contributed by atoms with Crippen molar-refractivity contribution in [3.05, 3.63) is 66.4 Å². The van der Waals surface area contributed by atoms with Crippen molar-refractivity contribution in [2.24, 2.45) is 0 Å². The van der Waals surface area contributed by atoms with Gasteiger partial charge in [0.05, 0.1) is 0 Å². The molecule has 0 spiro atoms. The molecule has 0 aliphatic heterocycles. The minimum absolute atomic E-state index is 0.210. The molecule has 0 radical (unpaired) electrons. The average Bonchev–Trinajstić information content (AvgIpc) is 3.10. The largest absolute Gasteiger partial charge is 0.360 e.